The first-order chi connectivity index (χ1) is 10.5. The van der Waals surface area contributed by atoms with Gasteiger partial charge < -0.3 is 14.4 Å². The van der Waals surface area contributed by atoms with Crippen LogP contribution >= 0.6 is 0 Å². The molecule has 0 aliphatic carbocycles. The second-order valence-electron chi connectivity index (χ2n) is 6.07. The molecule has 2 aliphatic heterocycles. The maximum atomic E-state index is 12.4. The van der Waals surface area contributed by atoms with Crippen LogP contribution in [-0.4, -0.2) is 42.1 Å². The zero-order valence-electron chi connectivity index (χ0n) is 13.1. The molecule has 0 aromatic heterocycles. The minimum Gasteiger partial charge on any atom is -0.486 e. The van der Waals surface area contributed by atoms with Crippen LogP contribution in [0.1, 0.15) is 42.1 Å². The van der Waals surface area contributed by atoms with E-state index in [1.807, 2.05) is 25.1 Å². The Labute approximate surface area is 130 Å². The van der Waals surface area contributed by atoms with Crippen LogP contribution in [0.15, 0.2) is 18.2 Å². The van der Waals surface area contributed by atoms with E-state index in [1.54, 1.807) is 11.8 Å². The number of amides is 1. The van der Waals surface area contributed by atoms with Crippen molar-refractivity contribution < 1.29 is 19.1 Å². The quantitative estimate of drug-likeness (QED) is 0.800. The molecule has 0 bridgehead atoms. The number of rotatable bonds is 1. The first-order valence-corrected chi connectivity index (χ1v) is 7.77. The number of carbonyl (C=O) groups excluding carboxylic acids is 2. The van der Waals surface area contributed by atoms with Gasteiger partial charge in [0, 0.05) is 25.9 Å². The largest absolute Gasteiger partial charge is 0.486 e. The molecular weight excluding hydrogens is 282 g/mol. The Kier molecular flexibility index (Phi) is 3.81. The summed E-state index contributed by atoms with van der Waals surface area (Å²) >= 11 is 0. The van der Waals surface area contributed by atoms with Crippen LogP contribution in [0.5, 0.6) is 5.75 Å². The standard InChI is InChI=1S/C17H21NO4/c1-3-21-16(20)18-8-6-17(7-9-18)11-14(19)13-5-4-12(2)10-15(13)22-17/h4-5,10H,3,6-9,11H2,1-2H3. The number of hydrogen-bond donors (Lipinski definition) is 0. The number of benzene rings is 1. The SMILES string of the molecule is CCOC(=O)N1CCC2(CC1)CC(=O)c1ccc(C)cc1O2. The first-order valence-electron chi connectivity index (χ1n) is 7.77. The second-order valence-corrected chi connectivity index (χ2v) is 6.07. The highest BCUT2D eigenvalue weighted by Crippen LogP contribution is 2.39. The Hall–Kier alpha value is -2.04. The molecule has 1 aromatic carbocycles. The number of aryl methyl sites for hydroxylation is 1. The fourth-order valence-corrected chi connectivity index (χ4v) is 3.19. The molecule has 0 atom stereocenters. The van der Waals surface area contributed by atoms with Crippen LogP contribution in [0.25, 0.3) is 0 Å². The van der Waals surface area contributed by atoms with Crippen molar-refractivity contribution in [1.82, 2.24) is 4.90 Å². The lowest BCUT2D eigenvalue weighted by Crippen LogP contribution is -2.52. The molecule has 3 rings (SSSR count). The normalized spacial score (nSPS) is 19.5. The van der Waals surface area contributed by atoms with Crippen LogP contribution < -0.4 is 4.74 Å². The molecule has 2 aliphatic rings. The predicted octanol–water partition coefficient (Wildman–Crippen LogP) is 2.95. The van der Waals surface area contributed by atoms with Gasteiger partial charge in [-0.3, -0.25) is 4.79 Å². The van der Waals surface area contributed by atoms with Crippen molar-refractivity contribution in [2.75, 3.05) is 19.7 Å². The van der Waals surface area contributed by atoms with Gasteiger partial charge >= 0.3 is 6.09 Å². The van der Waals surface area contributed by atoms with E-state index in [2.05, 4.69) is 0 Å². The van der Waals surface area contributed by atoms with Gasteiger partial charge in [-0.25, -0.2) is 4.79 Å². The molecule has 1 spiro atoms. The van der Waals surface area contributed by atoms with E-state index >= 15 is 0 Å². The third-order valence-corrected chi connectivity index (χ3v) is 4.45. The number of hydrogen-bond acceptors (Lipinski definition) is 4. The van der Waals surface area contributed by atoms with Gasteiger partial charge in [0.05, 0.1) is 18.6 Å². The maximum Gasteiger partial charge on any atom is 0.409 e. The Morgan fingerprint density at radius 2 is 2.09 bits per heavy atom. The minimum absolute atomic E-state index is 0.130. The molecule has 1 amide bonds. The zero-order chi connectivity index (χ0) is 15.7. The Morgan fingerprint density at radius 3 is 2.77 bits per heavy atom. The lowest BCUT2D eigenvalue weighted by Gasteiger charge is -2.43. The number of ether oxygens (including phenoxy) is 2. The van der Waals surface area contributed by atoms with Crippen LogP contribution in [0.2, 0.25) is 0 Å². The lowest BCUT2D eigenvalue weighted by atomic mass is 9.82. The van der Waals surface area contributed by atoms with E-state index in [0.29, 0.717) is 50.3 Å². The summed E-state index contributed by atoms with van der Waals surface area (Å²) in [5.41, 5.74) is 1.28. The van der Waals surface area contributed by atoms with Crippen molar-refractivity contribution in [3.63, 3.8) is 0 Å². The first kappa shape index (κ1) is 14.9. The van der Waals surface area contributed by atoms with Crippen molar-refractivity contribution in [3.8, 4) is 5.75 Å². The number of piperidine rings is 1. The monoisotopic (exact) mass is 303 g/mol. The van der Waals surface area contributed by atoms with Gasteiger partial charge in [-0.1, -0.05) is 6.07 Å². The minimum atomic E-state index is -0.471. The number of carbonyl (C=O) groups is 2. The van der Waals surface area contributed by atoms with Crippen molar-refractivity contribution in [2.24, 2.45) is 0 Å². The third kappa shape index (κ3) is 2.67. The highest BCUT2D eigenvalue weighted by molar-refractivity contribution is 6.00. The van der Waals surface area contributed by atoms with Gasteiger partial charge in [-0.05, 0) is 31.5 Å². The molecule has 0 saturated carbocycles. The van der Waals surface area contributed by atoms with Crippen molar-refractivity contribution in [1.29, 1.82) is 0 Å². The van der Waals surface area contributed by atoms with Crippen molar-refractivity contribution in [2.45, 2.75) is 38.7 Å². The summed E-state index contributed by atoms with van der Waals surface area (Å²) in [5.74, 6) is 0.812. The highest BCUT2D eigenvalue weighted by atomic mass is 16.6. The molecule has 22 heavy (non-hydrogen) atoms. The molecule has 1 fully saturated rings. The Balaban J connectivity index is 1.74. The molecular formula is C17H21NO4. The fraction of sp³-hybridized carbons (Fsp3) is 0.529. The van der Waals surface area contributed by atoms with Gasteiger partial charge in [0.15, 0.2) is 5.78 Å². The molecule has 2 heterocycles. The topological polar surface area (TPSA) is 55.8 Å². The molecule has 0 N–H and O–H groups in total. The molecule has 1 aromatic rings. The van der Waals surface area contributed by atoms with E-state index in [-0.39, 0.29) is 11.9 Å². The summed E-state index contributed by atoms with van der Waals surface area (Å²) in [6.45, 7) is 5.28. The fourth-order valence-electron chi connectivity index (χ4n) is 3.19. The molecule has 1 saturated heterocycles. The van der Waals surface area contributed by atoms with E-state index in [9.17, 15) is 9.59 Å². The average molecular weight is 303 g/mol. The van der Waals surface area contributed by atoms with Gasteiger partial charge in [-0.15, -0.1) is 0 Å². The summed E-state index contributed by atoms with van der Waals surface area (Å²) in [5, 5.41) is 0. The zero-order valence-corrected chi connectivity index (χ0v) is 13.1. The number of Topliss-reactive ketones (excluding diaryl/α,β-unsaturated/α-hetero) is 1. The molecule has 118 valence electrons. The van der Waals surface area contributed by atoms with Crippen molar-refractivity contribution in [3.05, 3.63) is 29.3 Å². The molecule has 0 unspecified atom stereocenters. The van der Waals surface area contributed by atoms with Crippen LogP contribution in [0.4, 0.5) is 4.79 Å². The van der Waals surface area contributed by atoms with Crippen molar-refractivity contribution >= 4 is 11.9 Å². The molecule has 5 nitrogen and oxygen atoms in total. The predicted molar refractivity (Wildman–Crippen MR) is 81.3 cm³/mol. The lowest BCUT2D eigenvalue weighted by molar-refractivity contribution is -0.00861. The van der Waals surface area contributed by atoms with Gasteiger partial charge in [0.1, 0.15) is 11.4 Å². The highest BCUT2D eigenvalue weighted by Gasteiger charge is 2.43. The molecule has 0 radical (unpaired) electrons. The van der Waals surface area contributed by atoms with Gasteiger partial charge in [0.2, 0.25) is 0 Å². The Morgan fingerprint density at radius 1 is 1.36 bits per heavy atom. The van der Waals surface area contributed by atoms with Crippen LogP contribution in [0, 0.1) is 6.92 Å². The average Bonchev–Trinajstić information content (AvgIpc) is 2.47. The van der Waals surface area contributed by atoms with Crippen LogP contribution in [0.3, 0.4) is 0 Å². The summed E-state index contributed by atoms with van der Waals surface area (Å²) < 4.78 is 11.2. The smallest absolute Gasteiger partial charge is 0.409 e. The number of likely N-dealkylation sites (tertiary alicyclic amines) is 1. The maximum absolute atomic E-state index is 12.4. The second kappa shape index (κ2) is 5.63. The van der Waals surface area contributed by atoms with E-state index < -0.39 is 5.60 Å². The number of fused-ring (bicyclic) bond motifs is 1. The van der Waals surface area contributed by atoms with Crippen LogP contribution in [-0.2, 0) is 4.74 Å². The summed E-state index contributed by atoms with van der Waals surface area (Å²) in [4.78, 5) is 25.9. The summed E-state index contributed by atoms with van der Waals surface area (Å²) in [6.07, 6.45) is 1.42. The number of nitrogens with zero attached hydrogens (tertiary/aromatic N) is 1. The van der Waals surface area contributed by atoms with E-state index in [0.717, 1.165) is 5.56 Å². The summed E-state index contributed by atoms with van der Waals surface area (Å²) in [6, 6.07) is 5.70. The van der Waals surface area contributed by atoms with Gasteiger partial charge in [-0.2, -0.15) is 0 Å². The van der Waals surface area contributed by atoms with E-state index in [1.165, 1.54) is 0 Å². The van der Waals surface area contributed by atoms with Gasteiger partial charge in [0.25, 0.3) is 0 Å². The Bertz CT molecular complexity index is 603. The summed E-state index contributed by atoms with van der Waals surface area (Å²) in [7, 11) is 0. The third-order valence-electron chi connectivity index (χ3n) is 4.45. The number of ketones is 1. The van der Waals surface area contributed by atoms with E-state index in [4.69, 9.17) is 9.47 Å². The molecule has 5 heteroatoms.